The zero-order chi connectivity index (χ0) is 9.56. The summed E-state index contributed by atoms with van der Waals surface area (Å²) in [4.78, 5) is 11.3. The average Bonchev–Trinajstić information content (AvgIpc) is 1.98. The largest absolute Gasteiger partial charge is 0.460 e. The molecule has 0 unspecified atom stereocenters. The molecule has 0 fully saturated rings. The van der Waals surface area contributed by atoms with Crippen LogP contribution in [0.3, 0.4) is 0 Å². The highest BCUT2D eigenvalue weighted by Gasteiger charge is 2.09. The van der Waals surface area contributed by atoms with E-state index in [1.165, 1.54) is 0 Å². The van der Waals surface area contributed by atoms with E-state index in [0.29, 0.717) is 0 Å². The molecule has 0 aromatic heterocycles. The van der Waals surface area contributed by atoms with Crippen LogP contribution < -0.4 is 0 Å². The molecule has 12 heavy (non-hydrogen) atoms. The highest BCUT2D eigenvalue weighted by molar-refractivity contribution is 5.88. The van der Waals surface area contributed by atoms with E-state index in [0.717, 1.165) is 18.4 Å². The number of carbonyl (C=O) groups is 1. The number of rotatable bonds is 4. The van der Waals surface area contributed by atoms with Crippen molar-refractivity contribution in [3.8, 4) is 0 Å². The molecule has 0 saturated carbocycles. The lowest BCUT2D eigenvalue weighted by molar-refractivity contribution is -0.142. The summed E-state index contributed by atoms with van der Waals surface area (Å²) in [7, 11) is 0. The minimum Gasteiger partial charge on any atom is -0.460 e. The number of hydrogen-bond donors (Lipinski definition) is 0. The summed E-state index contributed by atoms with van der Waals surface area (Å²) < 4.78 is 5.05. The van der Waals surface area contributed by atoms with Crippen molar-refractivity contribution in [2.75, 3.05) is 0 Å². The Bertz CT molecular complexity index is 169. The molecule has 0 amide bonds. The monoisotopic (exact) mass is 170 g/mol. The Morgan fingerprint density at radius 2 is 2.08 bits per heavy atom. The van der Waals surface area contributed by atoms with Crippen molar-refractivity contribution in [3.63, 3.8) is 0 Å². The molecular weight excluding hydrogens is 152 g/mol. The van der Waals surface area contributed by atoms with Crippen LogP contribution in [-0.4, -0.2) is 12.1 Å². The van der Waals surface area contributed by atoms with Gasteiger partial charge in [-0.1, -0.05) is 19.4 Å². The second kappa shape index (κ2) is 5.81. The summed E-state index contributed by atoms with van der Waals surface area (Å²) in [5.74, 6) is -0.172. The minimum atomic E-state index is -0.172. The van der Waals surface area contributed by atoms with Crippen LogP contribution >= 0.6 is 0 Å². The topological polar surface area (TPSA) is 26.3 Å². The number of ether oxygens (including phenoxy) is 1. The number of carbonyl (C=O) groups excluding carboxylic acids is 1. The molecule has 0 aromatic rings. The van der Waals surface area contributed by atoms with Gasteiger partial charge >= 0.3 is 5.97 Å². The Kier molecular flexibility index (Phi) is 5.43. The van der Waals surface area contributed by atoms with Gasteiger partial charge in [-0.25, -0.2) is 4.79 Å². The fourth-order valence-electron chi connectivity index (χ4n) is 0.923. The number of allylic oxidation sites excluding steroid dienone is 1. The first kappa shape index (κ1) is 11.2. The number of esters is 1. The van der Waals surface area contributed by atoms with E-state index < -0.39 is 0 Å². The summed E-state index contributed by atoms with van der Waals surface area (Å²) in [6.07, 6.45) is 3.59. The van der Waals surface area contributed by atoms with Crippen molar-refractivity contribution in [3.05, 3.63) is 11.6 Å². The van der Waals surface area contributed by atoms with Gasteiger partial charge in [-0.3, -0.25) is 0 Å². The first-order chi connectivity index (χ1) is 5.61. The first-order valence-electron chi connectivity index (χ1n) is 4.48. The van der Waals surface area contributed by atoms with Crippen LogP contribution in [-0.2, 0) is 9.53 Å². The van der Waals surface area contributed by atoms with Crippen LogP contribution in [0.1, 0.15) is 40.5 Å². The molecule has 0 spiro atoms. The van der Waals surface area contributed by atoms with Gasteiger partial charge in [-0.2, -0.15) is 0 Å². The van der Waals surface area contributed by atoms with Crippen LogP contribution in [0.2, 0.25) is 0 Å². The fourth-order valence-corrected chi connectivity index (χ4v) is 0.923. The van der Waals surface area contributed by atoms with Gasteiger partial charge in [0.1, 0.15) is 0 Å². The zero-order valence-corrected chi connectivity index (χ0v) is 8.39. The second-order valence-corrected chi connectivity index (χ2v) is 3.02. The molecule has 0 aromatic carbocycles. The molecule has 0 N–H and O–H groups in total. The van der Waals surface area contributed by atoms with E-state index >= 15 is 0 Å². The molecule has 2 heteroatoms. The molecule has 0 heterocycles. The average molecular weight is 170 g/mol. The van der Waals surface area contributed by atoms with Crippen molar-refractivity contribution in [2.24, 2.45) is 0 Å². The predicted molar refractivity (Wildman–Crippen MR) is 49.9 cm³/mol. The third-order valence-corrected chi connectivity index (χ3v) is 1.47. The third-order valence-electron chi connectivity index (χ3n) is 1.47. The molecule has 0 atom stereocenters. The molecule has 0 aliphatic rings. The standard InChI is InChI=1S/C10H18O2/c1-5-7-9(6-2)10(11)12-8(3)4/h6,8H,5,7H2,1-4H3/b9-6+. The number of hydrogen-bond acceptors (Lipinski definition) is 2. The van der Waals surface area contributed by atoms with Crippen LogP contribution in [0, 0.1) is 0 Å². The molecular formula is C10H18O2. The van der Waals surface area contributed by atoms with Gasteiger partial charge < -0.3 is 4.74 Å². The van der Waals surface area contributed by atoms with Gasteiger partial charge in [-0.05, 0) is 27.2 Å². The van der Waals surface area contributed by atoms with Crippen LogP contribution in [0.15, 0.2) is 11.6 Å². The van der Waals surface area contributed by atoms with Crippen molar-refractivity contribution in [2.45, 2.75) is 46.6 Å². The van der Waals surface area contributed by atoms with Gasteiger partial charge in [0.15, 0.2) is 0 Å². The van der Waals surface area contributed by atoms with Gasteiger partial charge in [0.25, 0.3) is 0 Å². The van der Waals surface area contributed by atoms with Crippen molar-refractivity contribution >= 4 is 5.97 Å². The molecule has 0 aliphatic carbocycles. The lowest BCUT2D eigenvalue weighted by Crippen LogP contribution is -2.13. The normalized spacial score (nSPS) is 11.9. The Morgan fingerprint density at radius 3 is 2.42 bits per heavy atom. The summed E-state index contributed by atoms with van der Waals surface area (Å²) in [5, 5.41) is 0. The van der Waals surface area contributed by atoms with E-state index in [2.05, 4.69) is 0 Å². The van der Waals surface area contributed by atoms with E-state index in [-0.39, 0.29) is 12.1 Å². The smallest absolute Gasteiger partial charge is 0.333 e. The summed E-state index contributed by atoms with van der Waals surface area (Å²) in [6, 6.07) is 0. The highest BCUT2D eigenvalue weighted by atomic mass is 16.5. The maximum atomic E-state index is 11.3. The van der Waals surface area contributed by atoms with Gasteiger partial charge in [0.05, 0.1) is 6.10 Å². The maximum absolute atomic E-state index is 11.3. The molecule has 0 aliphatic heterocycles. The molecule has 2 nitrogen and oxygen atoms in total. The molecule has 0 rings (SSSR count). The van der Waals surface area contributed by atoms with Crippen LogP contribution in [0.5, 0.6) is 0 Å². The minimum absolute atomic E-state index is 0.0238. The first-order valence-corrected chi connectivity index (χ1v) is 4.48. The maximum Gasteiger partial charge on any atom is 0.333 e. The molecule has 0 bridgehead atoms. The Labute approximate surface area is 74.6 Å². The molecule has 0 saturated heterocycles. The quantitative estimate of drug-likeness (QED) is 0.479. The predicted octanol–water partition coefficient (Wildman–Crippen LogP) is 2.68. The Balaban J connectivity index is 4.05. The molecule has 70 valence electrons. The van der Waals surface area contributed by atoms with E-state index in [4.69, 9.17) is 4.74 Å². The Hall–Kier alpha value is -0.790. The van der Waals surface area contributed by atoms with Crippen molar-refractivity contribution in [1.82, 2.24) is 0 Å². The second-order valence-electron chi connectivity index (χ2n) is 3.02. The lowest BCUT2D eigenvalue weighted by atomic mass is 10.1. The summed E-state index contributed by atoms with van der Waals surface area (Å²) >= 11 is 0. The Morgan fingerprint density at radius 1 is 1.50 bits per heavy atom. The third kappa shape index (κ3) is 4.16. The van der Waals surface area contributed by atoms with Crippen LogP contribution in [0.4, 0.5) is 0 Å². The van der Waals surface area contributed by atoms with E-state index in [9.17, 15) is 4.79 Å². The van der Waals surface area contributed by atoms with E-state index in [1.54, 1.807) is 0 Å². The lowest BCUT2D eigenvalue weighted by Gasteiger charge is -2.09. The van der Waals surface area contributed by atoms with Gasteiger partial charge in [0.2, 0.25) is 0 Å². The molecule has 0 radical (unpaired) electrons. The highest BCUT2D eigenvalue weighted by Crippen LogP contribution is 2.08. The van der Waals surface area contributed by atoms with Crippen molar-refractivity contribution in [1.29, 1.82) is 0 Å². The van der Waals surface area contributed by atoms with Crippen molar-refractivity contribution < 1.29 is 9.53 Å². The van der Waals surface area contributed by atoms with Gasteiger partial charge in [-0.15, -0.1) is 0 Å². The zero-order valence-electron chi connectivity index (χ0n) is 8.39. The SMILES string of the molecule is C/C=C(\CCC)C(=O)OC(C)C. The summed E-state index contributed by atoms with van der Waals surface area (Å²) in [6.45, 7) is 7.63. The van der Waals surface area contributed by atoms with E-state index in [1.807, 2.05) is 33.8 Å². The van der Waals surface area contributed by atoms with Gasteiger partial charge in [0, 0.05) is 5.57 Å². The van der Waals surface area contributed by atoms with Crippen LogP contribution in [0.25, 0.3) is 0 Å². The summed E-state index contributed by atoms with van der Waals surface area (Å²) in [5.41, 5.74) is 0.784. The fraction of sp³-hybridized carbons (Fsp3) is 0.700.